The van der Waals surface area contributed by atoms with E-state index < -0.39 is 32.1 Å². The average Bonchev–Trinajstić information content (AvgIpc) is 2.87. The van der Waals surface area contributed by atoms with Gasteiger partial charge in [0.25, 0.3) is 20.0 Å². The van der Waals surface area contributed by atoms with Gasteiger partial charge in [0.05, 0.1) is 16.9 Å². The maximum absolute atomic E-state index is 12.9. The quantitative estimate of drug-likeness (QED) is 0.440. The van der Waals surface area contributed by atoms with Gasteiger partial charge < -0.3 is 9.64 Å². The van der Waals surface area contributed by atoms with E-state index in [0.29, 0.717) is 10.5 Å². The van der Waals surface area contributed by atoms with Crippen molar-refractivity contribution in [3.8, 4) is 5.88 Å². The molecule has 4 rings (SSSR count). The third-order valence-electron chi connectivity index (χ3n) is 5.53. The molecule has 1 aliphatic rings. The van der Waals surface area contributed by atoms with Crippen LogP contribution >= 0.6 is 0 Å². The molecular weight excluding hydrogens is 551 g/mol. The summed E-state index contributed by atoms with van der Waals surface area (Å²) in [4.78, 5) is 11.8. The number of carbonyl (C=O) groups excluding carboxylic acids is 1. The Morgan fingerprint density at radius 3 is 2.16 bits per heavy atom. The van der Waals surface area contributed by atoms with Gasteiger partial charge in [0.2, 0.25) is 5.88 Å². The van der Waals surface area contributed by atoms with Crippen LogP contribution in [0.2, 0.25) is 0 Å². The molecule has 2 heterocycles. The second-order valence-corrected chi connectivity index (χ2v) is 11.5. The molecule has 0 aliphatic carbocycles. The molecule has 0 fully saturated rings. The van der Waals surface area contributed by atoms with Crippen molar-refractivity contribution in [3.05, 3.63) is 65.7 Å². The lowest BCUT2D eigenvalue weighted by molar-refractivity contribution is -0.186. The molecule has 2 aromatic carbocycles. The molecule has 0 spiro atoms. The Labute approximate surface area is 215 Å². The molecule has 1 amide bonds. The normalized spacial score (nSPS) is 13.9. The third-order valence-corrected chi connectivity index (χ3v) is 8.28. The van der Waals surface area contributed by atoms with Crippen molar-refractivity contribution >= 4 is 37.5 Å². The van der Waals surface area contributed by atoms with Crippen LogP contribution in [-0.2, 0) is 37.8 Å². The molecule has 2 N–H and O–H groups in total. The predicted octanol–water partition coefficient (Wildman–Crippen LogP) is 2.53. The summed E-state index contributed by atoms with van der Waals surface area (Å²) >= 11 is 0. The highest BCUT2D eigenvalue weighted by Gasteiger charge is 2.43. The van der Waals surface area contributed by atoms with Gasteiger partial charge in [-0.2, -0.15) is 13.2 Å². The summed E-state index contributed by atoms with van der Waals surface area (Å²) in [5.74, 6) is -1.85. The van der Waals surface area contributed by atoms with Crippen molar-refractivity contribution in [2.24, 2.45) is 0 Å². The molecule has 0 radical (unpaired) electrons. The summed E-state index contributed by atoms with van der Waals surface area (Å²) in [6, 6.07) is 11.6. The summed E-state index contributed by atoms with van der Waals surface area (Å²) in [7, 11) is -6.87. The zero-order valence-electron chi connectivity index (χ0n) is 19.6. The molecule has 16 heteroatoms. The van der Waals surface area contributed by atoms with Crippen LogP contribution in [0.1, 0.15) is 11.1 Å². The second kappa shape index (κ2) is 10.1. The highest BCUT2D eigenvalue weighted by Crippen LogP contribution is 2.27. The van der Waals surface area contributed by atoms with E-state index in [2.05, 4.69) is 19.6 Å². The molecule has 1 aliphatic heterocycles. The maximum atomic E-state index is 12.9. The lowest BCUT2D eigenvalue weighted by Crippen LogP contribution is -2.43. The van der Waals surface area contributed by atoms with Crippen LogP contribution in [0.4, 0.5) is 24.7 Å². The van der Waals surface area contributed by atoms with Gasteiger partial charge in [0, 0.05) is 24.8 Å². The van der Waals surface area contributed by atoms with Gasteiger partial charge in [0.1, 0.15) is 0 Å². The highest BCUT2D eigenvalue weighted by atomic mass is 32.2. The van der Waals surface area contributed by atoms with Crippen LogP contribution in [0.5, 0.6) is 5.88 Å². The van der Waals surface area contributed by atoms with Crippen LogP contribution in [0, 0.1) is 0 Å². The van der Waals surface area contributed by atoms with E-state index in [9.17, 15) is 34.8 Å². The van der Waals surface area contributed by atoms with Gasteiger partial charge in [-0.25, -0.2) is 16.8 Å². The van der Waals surface area contributed by atoms with E-state index in [1.165, 1.54) is 61.7 Å². The van der Waals surface area contributed by atoms with Gasteiger partial charge in [-0.05, 0) is 60.0 Å². The summed E-state index contributed by atoms with van der Waals surface area (Å²) < 4.78 is 98.8. The van der Waals surface area contributed by atoms with Crippen LogP contribution in [0.3, 0.4) is 0 Å². The number of nitrogens with zero attached hydrogens (tertiary/aromatic N) is 3. The minimum Gasteiger partial charge on any atom is -0.480 e. The molecule has 0 unspecified atom stereocenters. The smallest absolute Gasteiger partial charge is 0.471 e. The van der Waals surface area contributed by atoms with Gasteiger partial charge in [-0.1, -0.05) is 6.07 Å². The van der Waals surface area contributed by atoms with E-state index >= 15 is 0 Å². The third kappa shape index (κ3) is 5.96. The monoisotopic (exact) mass is 571 g/mol. The SMILES string of the molecule is COc1ccc(NS(=O)(=O)c2ccc(NS(=O)(=O)c3ccc4c(c3)CN(C(=O)C(F)(F)F)CC4)cc2)nn1. The number of halogens is 3. The number of anilines is 2. The molecule has 38 heavy (non-hydrogen) atoms. The molecule has 1 aromatic heterocycles. The zero-order chi connectivity index (χ0) is 27.7. The van der Waals surface area contributed by atoms with E-state index in [0.717, 1.165) is 0 Å². The van der Waals surface area contributed by atoms with E-state index in [1.807, 2.05) is 0 Å². The Balaban J connectivity index is 1.48. The largest absolute Gasteiger partial charge is 0.480 e. The molecule has 11 nitrogen and oxygen atoms in total. The van der Waals surface area contributed by atoms with E-state index in [-0.39, 0.29) is 52.2 Å². The van der Waals surface area contributed by atoms with Crippen molar-refractivity contribution < 1.29 is 39.5 Å². The second-order valence-electron chi connectivity index (χ2n) is 8.10. The molecule has 0 saturated heterocycles. The Morgan fingerprint density at radius 1 is 0.895 bits per heavy atom. The first kappa shape index (κ1) is 27.1. The summed E-state index contributed by atoms with van der Waals surface area (Å²) in [6.07, 6.45) is -4.88. The van der Waals surface area contributed by atoms with Crippen molar-refractivity contribution in [1.29, 1.82) is 0 Å². The van der Waals surface area contributed by atoms with Gasteiger partial charge in [-0.3, -0.25) is 14.2 Å². The number of amides is 1. The topological polar surface area (TPSA) is 148 Å². The van der Waals surface area contributed by atoms with Gasteiger partial charge in [-0.15, -0.1) is 10.2 Å². The predicted molar refractivity (Wildman–Crippen MR) is 128 cm³/mol. The first-order chi connectivity index (χ1) is 17.8. The van der Waals surface area contributed by atoms with Crippen LogP contribution in [0.15, 0.2) is 64.4 Å². The molecular formula is C22H20F3N5O6S2. The highest BCUT2D eigenvalue weighted by molar-refractivity contribution is 7.93. The summed E-state index contributed by atoms with van der Waals surface area (Å²) in [5, 5.41) is 7.35. The van der Waals surface area contributed by atoms with Crippen LogP contribution in [-0.4, -0.2) is 57.7 Å². The number of rotatable bonds is 7. The number of benzene rings is 2. The molecule has 202 valence electrons. The molecule has 0 bridgehead atoms. The number of hydrogen-bond donors (Lipinski definition) is 2. The number of fused-ring (bicyclic) bond motifs is 1. The number of ether oxygens (including phenoxy) is 1. The minimum absolute atomic E-state index is 0.0415. The van der Waals surface area contributed by atoms with Crippen molar-refractivity contribution in [1.82, 2.24) is 15.1 Å². The number of nitrogens with one attached hydrogen (secondary N) is 2. The molecule has 0 atom stereocenters. The van der Waals surface area contributed by atoms with E-state index in [4.69, 9.17) is 4.74 Å². The summed E-state index contributed by atoms with van der Waals surface area (Å²) in [6.45, 7) is -0.514. The Morgan fingerprint density at radius 2 is 1.55 bits per heavy atom. The Kier molecular flexibility index (Phi) is 7.20. The molecule has 0 saturated carbocycles. The van der Waals surface area contributed by atoms with E-state index in [1.54, 1.807) is 0 Å². The number of methoxy groups -OCH3 is 1. The van der Waals surface area contributed by atoms with Gasteiger partial charge in [0.15, 0.2) is 5.82 Å². The van der Waals surface area contributed by atoms with Crippen molar-refractivity contribution in [2.45, 2.75) is 28.9 Å². The standard InChI is InChI=1S/C22H20F3N5O6S2/c1-36-20-9-8-19(26-27-20)29-37(32,33)17-6-3-16(4-7-17)28-38(34,35)18-5-2-14-10-11-30(13-15(14)12-18)21(31)22(23,24)25/h2-9,12,28H,10-11,13H2,1H3,(H,26,29). The van der Waals surface area contributed by atoms with Crippen molar-refractivity contribution in [3.63, 3.8) is 0 Å². The first-order valence-corrected chi connectivity index (χ1v) is 13.8. The fraction of sp³-hybridized carbons (Fsp3) is 0.227. The van der Waals surface area contributed by atoms with Crippen molar-refractivity contribution in [2.75, 3.05) is 23.1 Å². The maximum Gasteiger partial charge on any atom is 0.471 e. The minimum atomic E-state index is -5.03. The van der Waals surface area contributed by atoms with Crippen LogP contribution in [0.25, 0.3) is 0 Å². The lowest BCUT2D eigenvalue weighted by Gasteiger charge is -2.29. The number of sulfonamides is 2. The fourth-order valence-electron chi connectivity index (χ4n) is 3.65. The Hall–Kier alpha value is -3.92. The van der Waals surface area contributed by atoms with Crippen LogP contribution < -0.4 is 14.2 Å². The Bertz CT molecular complexity index is 1560. The lowest BCUT2D eigenvalue weighted by atomic mass is 10.00. The zero-order valence-corrected chi connectivity index (χ0v) is 21.2. The summed E-state index contributed by atoms with van der Waals surface area (Å²) in [5.41, 5.74) is 0.962. The average molecular weight is 572 g/mol. The number of alkyl halides is 3. The number of carbonyl (C=O) groups is 1. The number of hydrogen-bond acceptors (Lipinski definition) is 8. The molecule has 3 aromatic rings. The fourth-order valence-corrected chi connectivity index (χ4v) is 5.75. The number of aromatic nitrogens is 2. The van der Waals surface area contributed by atoms with Gasteiger partial charge >= 0.3 is 12.1 Å². The first-order valence-electron chi connectivity index (χ1n) is 10.8.